The smallest absolute Gasteiger partial charge is 0.193 e. The van der Waals surface area contributed by atoms with E-state index in [0.29, 0.717) is 16.1 Å². The van der Waals surface area contributed by atoms with Gasteiger partial charge in [-0.15, -0.1) is 0 Å². The second-order valence-electron chi connectivity index (χ2n) is 5.52. The molecule has 24 heavy (non-hydrogen) atoms. The summed E-state index contributed by atoms with van der Waals surface area (Å²) < 4.78 is 0. The molecule has 0 spiro atoms. The molecular weight excluding hydrogens is 320 g/mol. The number of benzene rings is 3. The molecule has 1 N–H and O–H groups in total. The van der Waals surface area contributed by atoms with Crippen molar-refractivity contribution in [1.29, 1.82) is 0 Å². The van der Waals surface area contributed by atoms with E-state index < -0.39 is 0 Å². The van der Waals surface area contributed by atoms with Crippen LogP contribution < -0.4 is 0 Å². The van der Waals surface area contributed by atoms with E-state index in [1.165, 1.54) is 0 Å². The number of nitrogens with zero attached hydrogens (tertiary/aromatic N) is 1. The topological polar surface area (TPSA) is 45.8 Å². The Morgan fingerprint density at radius 3 is 2.38 bits per heavy atom. The Kier molecular flexibility index (Phi) is 3.63. The van der Waals surface area contributed by atoms with Crippen LogP contribution in [0.5, 0.6) is 0 Å². The number of H-pyrrole nitrogens is 1. The third-order valence-electron chi connectivity index (χ3n) is 3.90. The average Bonchev–Trinajstić information content (AvgIpc) is 3.05. The zero-order valence-corrected chi connectivity index (χ0v) is 13.4. The summed E-state index contributed by atoms with van der Waals surface area (Å²) in [5.74, 6) is 0.756. The maximum absolute atomic E-state index is 12.6. The highest BCUT2D eigenvalue weighted by molar-refractivity contribution is 6.30. The maximum atomic E-state index is 12.6. The summed E-state index contributed by atoms with van der Waals surface area (Å²) in [7, 11) is 0. The fourth-order valence-electron chi connectivity index (χ4n) is 2.65. The van der Waals surface area contributed by atoms with Gasteiger partial charge in [-0.1, -0.05) is 41.9 Å². The van der Waals surface area contributed by atoms with E-state index in [1.54, 1.807) is 0 Å². The van der Waals surface area contributed by atoms with E-state index in [9.17, 15) is 4.79 Å². The van der Waals surface area contributed by atoms with Crippen molar-refractivity contribution in [3.8, 4) is 11.4 Å². The van der Waals surface area contributed by atoms with Gasteiger partial charge in [-0.2, -0.15) is 0 Å². The molecule has 0 bridgehead atoms. The highest BCUT2D eigenvalue weighted by Gasteiger charge is 2.11. The molecule has 0 saturated carbocycles. The number of aromatic nitrogens is 2. The minimum Gasteiger partial charge on any atom is -0.338 e. The molecule has 0 aliphatic rings. The van der Waals surface area contributed by atoms with Crippen molar-refractivity contribution in [3.05, 3.63) is 88.9 Å². The van der Waals surface area contributed by atoms with Crippen LogP contribution in [0.2, 0.25) is 5.02 Å². The molecule has 3 nitrogen and oxygen atoms in total. The summed E-state index contributed by atoms with van der Waals surface area (Å²) in [5.41, 5.74) is 3.92. The minimum absolute atomic E-state index is 0.000132. The Balaban J connectivity index is 1.73. The number of fused-ring (bicyclic) bond motifs is 1. The minimum atomic E-state index is 0.000132. The van der Waals surface area contributed by atoms with Crippen molar-refractivity contribution >= 4 is 28.4 Å². The standard InChI is InChI=1S/C20H13ClN2O/c21-16-9-6-14(7-10-16)20-22-17-11-8-15(12-18(17)23-20)19(24)13-4-2-1-3-5-13/h1-12H,(H,22,23). The Labute approximate surface area is 143 Å². The Hall–Kier alpha value is -2.91. The van der Waals surface area contributed by atoms with Gasteiger partial charge in [0.15, 0.2) is 5.78 Å². The molecule has 4 rings (SSSR count). The van der Waals surface area contributed by atoms with E-state index in [2.05, 4.69) is 9.97 Å². The number of hydrogen-bond acceptors (Lipinski definition) is 2. The summed E-state index contributed by atoms with van der Waals surface area (Å²) in [6, 6.07) is 22.3. The second-order valence-corrected chi connectivity index (χ2v) is 5.96. The molecule has 0 amide bonds. The summed E-state index contributed by atoms with van der Waals surface area (Å²) in [6.45, 7) is 0. The summed E-state index contributed by atoms with van der Waals surface area (Å²) in [6.07, 6.45) is 0. The lowest BCUT2D eigenvalue weighted by Gasteiger charge is -2.00. The first-order valence-electron chi connectivity index (χ1n) is 7.56. The molecule has 1 aromatic heterocycles. The van der Waals surface area contributed by atoms with Crippen molar-refractivity contribution in [2.45, 2.75) is 0 Å². The molecule has 4 heteroatoms. The van der Waals surface area contributed by atoms with Crippen LogP contribution in [0.3, 0.4) is 0 Å². The predicted molar refractivity (Wildman–Crippen MR) is 96.4 cm³/mol. The molecule has 116 valence electrons. The number of rotatable bonds is 3. The zero-order valence-electron chi connectivity index (χ0n) is 12.7. The third kappa shape index (κ3) is 2.70. The first-order valence-corrected chi connectivity index (χ1v) is 7.94. The second kappa shape index (κ2) is 5.95. The lowest BCUT2D eigenvalue weighted by atomic mass is 10.0. The number of aromatic amines is 1. The summed E-state index contributed by atoms with van der Waals surface area (Å²) in [4.78, 5) is 20.4. The highest BCUT2D eigenvalue weighted by Crippen LogP contribution is 2.23. The molecule has 0 atom stereocenters. The van der Waals surface area contributed by atoms with Crippen molar-refractivity contribution in [3.63, 3.8) is 0 Å². The van der Waals surface area contributed by atoms with Crippen LogP contribution in [0.1, 0.15) is 15.9 Å². The van der Waals surface area contributed by atoms with Gasteiger partial charge in [-0.3, -0.25) is 4.79 Å². The van der Waals surface area contributed by atoms with Gasteiger partial charge in [0, 0.05) is 21.7 Å². The number of halogens is 1. The zero-order chi connectivity index (χ0) is 16.5. The Morgan fingerprint density at radius 2 is 1.62 bits per heavy atom. The van der Waals surface area contributed by atoms with Gasteiger partial charge in [0.25, 0.3) is 0 Å². The van der Waals surface area contributed by atoms with Crippen molar-refractivity contribution in [2.24, 2.45) is 0 Å². The summed E-state index contributed by atoms with van der Waals surface area (Å²) in [5, 5.41) is 0.686. The lowest BCUT2D eigenvalue weighted by Crippen LogP contribution is -2.00. The van der Waals surface area contributed by atoms with Crippen LogP contribution in [-0.2, 0) is 0 Å². The molecule has 0 aliphatic carbocycles. The SMILES string of the molecule is O=C(c1ccccc1)c1ccc2nc(-c3ccc(Cl)cc3)[nH]c2c1. The molecule has 4 aromatic rings. The van der Waals surface area contributed by atoms with Crippen LogP contribution in [-0.4, -0.2) is 15.8 Å². The molecule has 1 heterocycles. The number of nitrogens with one attached hydrogen (secondary N) is 1. The molecule has 0 saturated heterocycles. The average molecular weight is 333 g/mol. The van der Waals surface area contributed by atoms with Crippen molar-refractivity contribution in [1.82, 2.24) is 9.97 Å². The van der Waals surface area contributed by atoms with E-state index in [0.717, 1.165) is 22.4 Å². The van der Waals surface area contributed by atoms with Crippen LogP contribution in [0.15, 0.2) is 72.8 Å². The van der Waals surface area contributed by atoms with Crippen molar-refractivity contribution < 1.29 is 4.79 Å². The third-order valence-corrected chi connectivity index (χ3v) is 4.15. The molecule has 0 fully saturated rings. The first kappa shape index (κ1) is 14.7. The van der Waals surface area contributed by atoms with Gasteiger partial charge in [-0.05, 0) is 42.5 Å². The molecular formula is C20H13ClN2O. The lowest BCUT2D eigenvalue weighted by molar-refractivity contribution is 0.103. The first-order chi connectivity index (χ1) is 11.7. The summed E-state index contributed by atoms with van der Waals surface area (Å²) >= 11 is 5.92. The maximum Gasteiger partial charge on any atom is 0.193 e. The number of hydrogen-bond donors (Lipinski definition) is 1. The van der Waals surface area contributed by atoms with E-state index in [4.69, 9.17) is 11.6 Å². The number of carbonyl (C=O) groups excluding carboxylic acids is 1. The van der Waals surface area contributed by atoms with Gasteiger partial charge >= 0.3 is 0 Å². The van der Waals surface area contributed by atoms with Crippen LogP contribution in [0, 0.1) is 0 Å². The normalized spacial score (nSPS) is 10.9. The number of carbonyl (C=O) groups is 1. The van der Waals surface area contributed by atoms with E-state index >= 15 is 0 Å². The molecule has 0 unspecified atom stereocenters. The fourth-order valence-corrected chi connectivity index (χ4v) is 2.78. The number of ketones is 1. The number of imidazole rings is 1. The Bertz CT molecular complexity index is 1020. The Morgan fingerprint density at radius 1 is 0.875 bits per heavy atom. The highest BCUT2D eigenvalue weighted by atomic mass is 35.5. The monoisotopic (exact) mass is 332 g/mol. The molecule has 3 aromatic carbocycles. The molecule has 0 aliphatic heterocycles. The molecule has 0 radical (unpaired) electrons. The van der Waals surface area contributed by atoms with Gasteiger partial charge < -0.3 is 4.98 Å². The van der Waals surface area contributed by atoms with Crippen LogP contribution in [0.25, 0.3) is 22.4 Å². The van der Waals surface area contributed by atoms with Gasteiger partial charge in [0.1, 0.15) is 5.82 Å². The van der Waals surface area contributed by atoms with Gasteiger partial charge in [0.05, 0.1) is 11.0 Å². The van der Waals surface area contributed by atoms with Crippen molar-refractivity contribution in [2.75, 3.05) is 0 Å². The quantitative estimate of drug-likeness (QED) is 0.529. The predicted octanol–water partition coefficient (Wildman–Crippen LogP) is 5.11. The van der Waals surface area contributed by atoms with E-state index in [1.807, 2.05) is 72.8 Å². The van der Waals surface area contributed by atoms with E-state index in [-0.39, 0.29) is 5.78 Å². The van der Waals surface area contributed by atoms with Gasteiger partial charge in [-0.25, -0.2) is 4.98 Å². The van der Waals surface area contributed by atoms with Gasteiger partial charge in [0.2, 0.25) is 0 Å². The fraction of sp³-hybridized carbons (Fsp3) is 0. The largest absolute Gasteiger partial charge is 0.338 e. The van der Waals surface area contributed by atoms with Crippen LogP contribution in [0.4, 0.5) is 0 Å². The van der Waals surface area contributed by atoms with Crippen LogP contribution >= 0.6 is 11.6 Å².